The normalized spacial score (nSPS) is 12.7. The van der Waals surface area contributed by atoms with E-state index in [1.54, 1.807) is 19.1 Å². The second-order valence-electron chi connectivity index (χ2n) is 4.03. The maximum atomic E-state index is 11.9. The summed E-state index contributed by atoms with van der Waals surface area (Å²) < 4.78 is 62.4. The quantitative estimate of drug-likeness (QED) is 0.819. The van der Waals surface area contributed by atoms with Crippen molar-refractivity contribution in [1.82, 2.24) is 4.72 Å². The lowest BCUT2D eigenvalue weighted by atomic mass is 10.2. The first-order chi connectivity index (χ1) is 8.62. The lowest BCUT2D eigenvalue weighted by Gasteiger charge is -2.10. The maximum Gasteiger partial charge on any atom is 0.389 e. The average molecular weight is 360 g/mol. The molecule has 0 aliphatic carbocycles. The number of rotatable bonds is 5. The molecule has 1 rings (SSSR count). The average Bonchev–Trinajstić information content (AvgIpc) is 2.26. The van der Waals surface area contributed by atoms with Crippen LogP contribution in [0.1, 0.15) is 18.4 Å². The van der Waals surface area contributed by atoms with Gasteiger partial charge >= 0.3 is 6.18 Å². The molecule has 8 heteroatoms. The Morgan fingerprint density at radius 1 is 1.32 bits per heavy atom. The van der Waals surface area contributed by atoms with Gasteiger partial charge in [0.1, 0.15) is 0 Å². The molecule has 1 aromatic carbocycles. The van der Waals surface area contributed by atoms with Crippen LogP contribution in [0.25, 0.3) is 0 Å². The van der Waals surface area contributed by atoms with E-state index >= 15 is 0 Å². The summed E-state index contributed by atoms with van der Waals surface area (Å²) in [6.07, 6.45) is -5.56. The zero-order valence-electron chi connectivity index (χ0n) is 10.1. The minimum Gasteiger partial charge on any atom is -0.211 e. The molecule has 3 nitrogen and oxygen atoms in total. The van der Waals surface area contributed by atoms with Gasteiger partial charge in [-0.15, -0.1) is 0 Å². The van der Waals surface area contributed by atoms with Gasteiger partial charge in [0.15, 0.2) is 0 Å². The van der Waals surface area contributed by atoms with Crippen LogP contribution < -0.4 is 4.72 Å². The van der Waals surface area contributed by atoms with Crippen molar-refractivity contribution in [3.05, 3.63) is 28.2 Å². The van der Waals surface area contributed by atoms with Gasteiger partial charge in [0.2, 0.25) is 10.0 Å². The molecule has 1 N–H and O–H groups in total. The smallest absolute Gasteiger partial charge is 0.211 e. The van der Waals surface area contributed by atoms with E-state index in [2.05, 4.69) is 20.7 Å². The summed E-state index contributed by atoms with van der Waals surface area (Å²) in [5.74, 6) is 0. The van der Waals surface area contributed by atoms with Crippen LogP contribution >= 0.6 is 15.9 Å². The third-order valence-electron chi connectivity index (χ3n) is 2.37. The lowest BCUT2D eigenvalue weighted by Crippen LogP contribution is -2.26. The third-order valence-corrected chi connectivity index (χ3v) is 4.47. The van der Waals surface area contributed by atoms with Gasteiger partial charge in [0.25, 0.3) is 0 Å². The van der Waals surface area contributed by atoms with Crippen molar-refractivity contribution in [2.75, 3.05) is 6.54 Å². The van der Waals surface area contributed by atoms with E-state index in [0.29, 0.717) is 10.0 Å². The Kier molecular flexibility index (Phi) is 5.40. The van der Waals surface area contributed by atoms with Crippen LogP contribution in [-0.4, -0.2) is 21.1 Å². The molecule has 0 aliphatic heterocycles. The summed E-state index contributed by atoms with van der Waals surface area (Å²) in [7, 11) is -3.78. The Hall–Kier alpha value is -0.600. The summed E-state index contributed by atoms with van der Waals surface area (Å²) in [6, 6.07) is 4.73. The van der Waals surface area contributed by atoms with Crippen molar-refractivity contribution in [2.24, 2.45) is 0 Å². The molecule has 1 aromatic rings. The predicted molar refractivity (Wildman–Crippen MR) is 69.4 cm³/mol. The zero-order valence-corrected chi connectivity index (χ0v) is 12.5. The molecule has 0 bridgehead atoms. The van der Waals surface area contributed by atoms with Gasteiger partial charge in [-0.05, 0) is 31.0 Å². The van der Waals surface area contributed by atoms with Crippen LogP contribution in [0.5, 0.6) is 0 Å². The van der Waals surface area contributed by atoms with Crippen molar-refractivity contribution >= 4 is 26.0 Å². The number of sulfonamides is 1. The van der Waals surface area contributed by atoms with Crippen molar-refractivity contribution < 1.29 is 21.6 Å². The SMILES string of the molecule is Cc1ccc(Br)cc1S(=O)(=O)NCCCC(F)(F)F. The fraction of sp³-hybridized carbons (Fsp3) is 0.455. The lowest BCUT2D eigenvalue weighted by molar-refractivity contribution is -0.135. The Balaban J connectivity index is 2.69. The number of aryl methyl sites for hydroxylation is 1. The number of nitrogens with one attached hydrogen (secondary N) is 1. The molecule has 0 aliphatic rings. The van der Waals surface area contributed by atoms with Crippen LogP contribution in [0.3, 0.4) is 0 Å². The van der Waals surface area contributed by atoms with Crippen LogP contribution in [-0.2, 0) is 10.0 Å². The van der Waals surface area contributed by atoms with Gasteiger partial charge in [0.05, 0.1) is 4.90 Å². The molecule has 0 heterocycles. The van der Waals surface area contributed by atoms with Gasteiger partial charge in [-0.25, -0.2) is 13.1 Å². The molecule has 108 valence electrons. The van der Waals surface area contributed by atoms with Gasteiger partial charge in [-0.1, -0.05) is 22.0 Å². The number of alkyl halides is 3. The molecule has 0 radical (unpaired) electrons. The van der Waals surface area contributed by atoms with Crippen LogP contribution in [0, 0.1) is 6.92 Å². The van der Waals surface area contributed by atoms with E-state index < -0.39 is 22.6 Å². The van der Waals surface area contributed by atoms with E-state index in [-0.39, 0.29) is 17.9 Å². The first kappa shape index (κ1) is 16.5. The Labute approximate surface area is 118 Å². The Morgan fingerprint density at radius 2 is 1.95 bits per heavy atom. The number of halogens is 4. The van der Waals surface area contributed by atoms with E-state index in [1.165, 1.54) is 6.07 Å². The topological polar surface area (TPSA) is 46.2 Å². The van der Waals surface area contributed by atoms with Crippen LogP contribution in [0.15, 0.2) is 27.6 Å². The molecule has 0 saturated carbocycles. The van der Waals surface area contributed by atoms with E-state index in [0.717, 1.165) is 0 Å². The minimum absolute atomic E-state index is 0.0638. The number of benzene rings is 1. The highest BCUT2D eigenvalue weighted by Crippen LogP contribution is 2.22. The monoisotopic (exact) mass is 359 g/mol. The summed E-state index contributed by atoms with van der Waals surface area (Å²) in [5.41, 5.74) is 0.534. The summed E-state index contributed by atoms with van der Waals surface area (Å²) >= 11 is 3.16. The fourth-order valence-electron chi connectivity index (χ4n) is 1.44. The van der Waals surface area contributed by atoms with E-state index in [1.807, 2.05) is 0 Å². The van der Waals surface area contributed by atoms with Gasteiger partial charge in [-0.3, -0.25) is 0 Å². The molecule has 0 saturated heterocycles. The molecule has 19 heavy (non-hydrogen) atoms. The summed E-state index contributed by atoms with van der Waals surface area (Å²) in [6.45, 7) is 1.38. The molecular formula is C11H13BrF3NO2S. The molecule has 0 spiro atoms. The second kappa shape index (κ2) is 6.23. The molecular weight excluding hydrogens is 347 g/mol. The van der Waals surface area contributed by atoms with E-state index in [9.17, 15) is 21.6 Å². The Bertz CT molecular complexity index is 543. The zero-order chi connectivity index (χ0) is 14.7. The van der Waals surface area contributed by atoms with Crippen molar-refractivity contribution in [1.29, 1.82) is 0 Å². The summed E-state index contributed by atoms with van der Waals surface area (Å²) in [4.78, 5) is 0.0638. The highest BCUT2D eigenvalue weighted by atomic mass is 79.9. The number of hydrogen-bond acceptors (Lipinski definition) is 2. The molecule has 0 fully saturated rings. The van der Waals surface area contributed by atoms with Crippen molar-refractivity contribution in [2.45, 2.75) is 30.8 Å². The predicted octanol–water partition coefficient (Wildman–Crippen LogP) is 3.38. The molecule has 0 unspecified atom stereocenters. The van der Waals surface area contributed by atoms with E-state index in [4.69, 9.17) is 0 Å². The molecule has 0 aromatic heterocycles. The minimum atomic E-state index is -4.27. The van der Waals surface area contributed by atoms with Crippen LogP contribution in [0.2, 0.25) is 0 Å². The first-order valence-electron chi connectivity index (χ1n) is 5.44. The largest absolute Gasteiger partial charge is 0.389 e. The second-order valence-corrected chi connectivity index (χ2v) is 6.68. The molecule has 0 atom stereocenters. The first-order valence-corrected chi connectivity index (χ1v) is 7.72. The standard InChI is InChI=1S/C11H13BrF3NO2S/c1-8-3-4-9(12)7-10(8)19(17,18)16-6-2-5-11(13,14)15/h3-4,7,16H,2,5-6H2,1H3. The van der Waals surface area contributed by atoms with Crippen molar-refractivity contribution in [3.63, 3.8) is 0 Å². The fourth-order valence-corrected chi connectivity index (χ4v) is 3.29. The summed E-state index contributed by atoms with van der Waals surface area (Å²) in [5, 5.41) is 0. The third kappa shape index (κ3) is 5.50. The highest BCUT2D eigenvalue weighted by molar-refractivity contribution is 9.10. The molecule has 0 amide bonds. The van der Waals surface area contributed by atoms with Gasteiger partial charge in [-0.2, -0.15) is 13.2 Å². The maximum absolute atomic E-state index is 11.9. The van der Waals surface area contributed by atoms with Gasteiger partial charge in [0, 0.05) is 17.4 Å². The Morgan fingerprint density at radius 3 is 2.53 bits per heavy atom. The van der Waals surface area contributed by atoms with Crippen LogP contribution in [0.4, 0.5) is 13.2 Å². The van der Waals surface area contributed by atoms with Gasteiger partial charge < -0.3 is 0 Å². The highest BCUT2D eigenvalue weighted by Gasteiger charge is 2.26. The number of hydrogen-bond donors (Lipinski definition) is 1. The van der Waals surface area contributed by atoms with Crippen molar-refractivity contribution in [3.8, 4) is 0 Å².